The zero-order chi connectivity index (χ0) is 22.5. The molecule has 0 saturated heterocycles. The molecule has 0 aliphatic carbocycles. The highest BCUT2D eigenvalue weighted by atomic mass is 32.2. The molecule has 7 heteroatoms. The molecule has 6 nitrogen and oxygen atoms in total. The molecule has 2 aromatic heterocycles. The lowest BCUT2D eigenvalue weighted by molar-refractivity contribution is 0.0946. The summed E-state index contributed by atoms with van der Waals surface area (Å²) in [5, 5.41) is 11.5. The van der Waals surface area contributed by atoms with E-state index in [1.54, 1.807) is 22.6 Å². The Bertz CT molecular complexity index is 1190. The Balaban J connectivity index is 1.62. The minimum absolute atomic E-state index is 0.247. The molecule has 0 unspecified atom stereocenters. The van der Waals surface area contributed by atoms with Gasteiger partial charge in [0.1, 0.15) is 5.69 Å². The van der Waals surface area contributed by atoms with Gasteiger partial charge in [0, 0.05) is 17.6 Å². The summed E-state index contributed by atoms with van der Waals surface area (Å²) in [6, 6.07) is 21.8. The number of carbonyl (C=O) groups excluding carboxylic acids is 1. The smallest absolute Gasteiger partial charge is 0.274 e. The number of pyridine rings is 1. The highest BCUT2D eigenvalue weighted by Gasteiger charge is 2.23. The molecule has 0 aliphatic rings. The third kappa shape index (κ3) is 4.73. The molecule has 2 aromatic carbocycles. The van der Waals surface area contributed by atoms with E-state index in [0.29, 0.717) is 23.9 Å². The second-order valence-electron chi connectivity index (χ2n) is 7.69. The van der Waals surface area contributed by atoms with Crippen molar-refractivity contribution in [3.8, 4) is 17.1 Å². The van der Waals surface area contributed by atoms with Crippen LogP contribution in [0.1, 0.15) is 41.4 Å². The standard InChI is InChI=1S/C25H25N5OS/c1-17(2)19-9-7-18(8-10-19)16-27-25(31)23-24(22-6-4-5-15-26-22)30(29-28-23)20-11-13-21(32-3)14-12-20/h4-15,17H,16H2,1-3H3,(H,27,31). The van der Waals surface area contributed by atoms with Crippen molar-refractivity contribution >= 4 is 17.7 Å². The van der Waals surface area contributed by atoms with Crippen LogP contribution in [0.15, 0.2) is 77.8 Å². The van der Waals surface area contributed by atoms with E-state index in [2.05, 4.69) is 46.6 Å². The highest BCUT2D eigenvalue weighted by molar-refractivity contribution is 7.98. The second-order valence-corrected chi connectivity index (χ2v) is 8.57. The quantitative estimate of drug-likeness (QED) is 0.402. The van der Waals surface area contributed by atoms with E-state index in [1.807, 2.05) is 60.9 Å². The van der Waals surface area contributed by atoms with Gasteiger partial charge in [-0.3, -0.25) is 9.78 Å². The fourth-order valence-electron chi connectivity index (χ4n) is 3.36. The second kappa shape index (κ2) is 9.78. The number of amides is 1. The maximum atomic E-state index is 13.1. The lowest BCUT2D eigenvalue weighted by atomic mass is 10.0. The van der Waals surface area contributed by atoms with Crippen LogP contribution in [0.3, 0.4) is 0 Å². The molecule has 1 amide bonds. The summed E-state index contributed by atoms with van der Waals surface area (Å²) < 4.78 is 1.67. The van der Waals surface area contributed by atoms with Crippen molar-refractivity contribution < 1.29 is 4.79 Å². The molecule has 0 bridgehead atoms. The zero-order valence-corrected chi connectivity index (χ0v) is 19.1. The van der Waals surface area contributed by atoms with E-state index in [-0.39, 0.29) is 11.6 Å². The Morgan fingerprint density at radius 3 is 2.41 bits per heavy atom. The first-order chi connectivity index (χ1) is 15.6. The van der Waals surface area contributed by atoms with Crippen molar-refractivity contribution in [2.75, 3.05) is 6.26 Å². The SMILES string of the molecule is CSc1ccc(-n2nnc(C(=O)NCc3ccc(C(C)C)cc3)c2-c2ccccn2)cc1. The van der Waals surface area contributed by atoms with Crippen LogP contribution in [0, 0.1) is 0 Å². The highest BCUT2D eigenvalue weighted by Crippen LogP contribution is 2.25. The van der Waals surface area contributed by atoms with Gasteiger partial charge in [0.2, 0.25) is 0 Å². The first kappa shape index (κ1) is 21.8. The van der Waals surface area contributed by atoms with E-state index in [1.165, 1.54) is 5.56 Å². The van der Waals surface area contributed by atoms with Crippen molar-refractivity contribution in [2.45, 2.75) is 31.2 Å². The topological polar surface area (TPSA) is 72.7 Å². The van der Waals surface area contributed by atoms with Crippen molar-refractivity contribution in [1.82, 2.24) is 25.3 Å². The number of thioether (sulfide) groups is 1. The Kier molecular flexibility index (Phi) is 6.66. The molecule has 2 heterocycles. The summed E-state index contributed by atoms with van der Waals surface area (Å²) in [6.45, 7) is 4.73. The molecule has 32 heavy (non-hydrogen) atoms. The Hall–Kier alpha value is -3.45. The summed E-state index contributed by atoms with van der Waals surface area (Å²) in [5.41, 5.74) is 4.57. The van der Waals surface area contributed by atoms with E-state index in [0.717, 1.165) is 16.1 Å². The van der Waals surface area contributed by atoms with E-state index in [9.17, 15) is 4.79 Å². The van der Waals surface area contributed by atoms with Gasteiger partial charge in [-0.25, -0.2) is 4.68 Å². The minimum Gasteiger partial charge on any atom is -0.346 e. The molecule has 0 fully saturated rings. The molecule has 1 N–H and O–H groups in total. The van der Waals surface area contributed by atoms with Gasteiger partial charge in [-0.15, -0.1) is 16.9 Å². The van der Waals surface area contributed by atoms with Crippen molar-refractivity contribution in [1.29, 1.82) is 0 Å². The number of rotatable bonds is 7. The number of nitrogens with one attached hydrogen (secondary N) is 1. The molecule has 162 valence electrons. The van der Waals surface area contributed by atoms with Gasteiger partial charge in [0.15, 0.2) is 5.69 Å². The van der Waals surface area contributed by atoms with Crippen LogP contribution >= 0.6 is 11.8 Å². The lowest BCUT2D eigenvalue weighted by Gasteiger charge is -2.10. The predicted octanol–water partition coefficient (Wildman–Crippen LogP) is 5.10. The molecule has 0 saturated carbocycles. The largest absolute Gasteiger partial charge is 0.346 e. The van der Waals surface area contributed by atoms with Crippen molar-refractivity contribution in [2.24, 2.45) is 0 Å². The van der Waals surface area contributed by atoms with Crippen LogP contribution in [0.5, 0.6) is 0 Å². The van der Waals surface area contributed by atoms with Crippen LogP contribution in [-0.4, -0.2) is 32.1 Å². The fraction of sp³-hybridized carbons (Fsp3) is 0.200. The van der Waals surface area contributed by atoms with E-state index < -0.39 is 0 Å². The normalized spacial score (nSPS) is 11.0. The van der Waals surface area contributed by atoms with Gasteiger partial charge in [-0.2, -0.15) is 0 Å². The Labute approximate surface area is 192 Å². The average Bonchev–Trinajstić information content (AvgIpc) is 3.28. The summed E-state index contributed by atoms with van der Waals surface area (Å²) in [5.74, 6) is 0.185. The predicted molar refractivity (Wildman–Crippen MR) is 128 cm³/mol. The third-order valence-corrected chi connectivity index (χ3v) is 5.95. The molecule has 4 rings (SSSR count). The molecule has 0 aliphatic heterocycles. The average molecular weight is 444 g/mol. The molecular weight excluding hydrogens is 418 g/mol. The monoisotopic (exact) mass is 443 g/mol. The first-order valence-corrected chi connectivity index (χ1v) is 11.7. The Morgan fingerprint density at radius 2 is 1.78 bits per heavy atom. The van der Waals surface area contributed by atoms with Gasteiger partial charge in [-0.05, 0) is 59.7 Å². The van der Waals surface area contributed by atoms with Crippen molar-refractivity contribution in [3.63, 3.8) is 0 Å². The van der Waals surface area contributed by atoms with Gasteiger partial charge in [-0.1, -0.05) is 49.4 Å². The molecule has 0 atom stereocenters. The van der Waals surface area contributed by atoms with Crippen LogP contribution in [0.4, 0.5) is 0 Å². The first-order valence-electron chi connectivity index (χ1n) is 10.5. The van der Waals surface area contributed by atoms with Crippen LogP contribution in [-0.2, 0) is 6.54 Å². The number of benzene rings is 2. The molecule has 0 spiro atoms. The van der Waals surface area contributed by atoms with Gasteiger partial charge >= 0.3 is 0 Å². The summed E-state index contributed by atoms with van der Waals surface area (Å²) in [7, 11) is 0. The minimum atomic E-state index is -0.287. The molecule has 4 aromatic rings. The number of carbonyl (C=O) groups is 1. The van der Waals surface area contributed by atoms with Crippen LogP contribution in [0.2, 0.25) is 0 Å². The van der Waals surface area contributed by atoms with Gasteiger partial charge in [0.05, 0.1) is 11.4 Å². The van der Waals surface area contributed by atoms with Crippen LogP contribution < -0.4 is 5.32 Å². The molecule has 0 radical (unpaired) electrons. The van der Waals surface area contributed by atoms with Gasteiger partial charge in [0.25, 0.3) is 5.91 Å². The van der Waals surface area contributed by atoms with Crippen molar-refractivity contribution in [3.05, 3.63) is 89.7 Å². The molecular formula is C25H25N5OS. The van der Waals surface area contributed by atoms with E-state index >= 15 is 0 Å². The zero-order valence-electron chi connectivity index (χ0n) is 18.3. The summed E-state index contributed by atoms with van der Waals surface area (Å²) >= 11 is 1.67. The van der Waals surface area contributed by atoms with Gasteiger partial charge < -0.3 is 5.32 Å². The number of hydrogen-bond acceptors (Lipinski definition) is 5. The summed E-state index contributed by atoms with van der Waals surface area (Å²) in [4.78, 5) is 18.7. The maximum absolute atomic E-state index is 13.1. The summed E-state index contributed by atoms with van der Waals surface area (Å²) in [6.07, 6.45) is 3.73. The fourth-order valence-corrected chi connectivity index (χ4v) is 3.77. The maximum Gasteiger partial charge on any atom is 0.274 e. The lowest BCUT2D eigenvalue weighted by Crippen LogP contribution is -2.24. The van der Waals surface area contributed by atoms with E-state index in [4.69, 9.17) is 0 Å². The number of nitrogens with zero attached hydrogens (tertiary/aromatic N) is 4. The number of hydrogen-bond donors (Lipinski definition) is 1. The third-order valence-electron chi connectivity index (χ3n) is 5.21. The number of aromatic nitrogens is 4. The Morgan fingerprint density at radius 1 is 1.03 bits per heavy atom. The van der Waals surface area contributed by atoms with Crippen LogP contribution in [0.25, 0.3) is 17.1 Å².